The highest BCUT2D eigenvalue weighted by molar-refractivity contribution is 5.97. The van der Waals surface area contributed by atoms with E-state index in [1.807, 2.05) is 0 Å². The fourth-order valence-corrected chi connectivity index (χ4v) is 4.93. The van der Waals surface area contributed by atoms with Gasteiger partial charge in [-0.1, -0.05) is 110 Å². The number of ketones is 1. The first kappa shape index (κ1) is 25.4. The Morgan fingerprint density at radius 2 is 1.14 bits per heavy atom. The van der Waals surface area contributed by atoms with Gasteiger partial charge in [-0.2, -0.15) is 0 Å². The molecule has 0 aliphatic heterocycles. The molecule has 1 aliphatic rings. The zero-order valence-electron chi connectivity index (χ0n) is 19.8. The lowest BCUT2D eigenvalue weighted by molar-refractivity contribution is -0.118. The van der Waals surface area contributed by atoms with Gasteiger partial charge in [-0.15, -0.1) is 0 Å². The number of hydrogen-bond donors (Lipinski definition) is 0. The second kappa shape index (κ2) is 15.3. The topological polar surface area (TPSA) is 17.1 Å². The summed E-state index contributed by atoms with van der Waals surface area (Å²) in [6, 6.07) is 0. The van der Waals surface area contributed by atoms with Gasteiger partial charge in [0.05, 0.1) is 0 Å². The molecule has 0 heterocycles. The maximum absolute atomic E-state index is 13.1. The molecule has 0 saturated heterocycles. The average Bonchev–Trinajstić information content (AvgIpc) is 2.66. The average molecular weight is 391 g/mol. The highest BCUT2D eigenvalue weighted by Gasteiger charge is 2.35. The van der Waals surface area contributed by atoms with Gasteiger partial charge < -0.3 is 0 Å². The Labute approximate surface area is 177 Å². The number of unbranched alkanes of at least 4 members (excludes halogenated alkanes) is 11. The van der Waals surface area contributed by atoms with Crippen molar-refractivity contribution < 1.29 is 4.79 Å². The van der Waals surface area contributed by atoms with Gasteiger partial charge in [0, 0.05) is 6.42 Å². The number of carbonyl (C=O) groups excluding carboxylic acids is 1. The van der Waals surface area contributed by atoms with Gasteiger partial charge in [-0.05, 0) is 49.5 Å². The van der Waals surface area contributed by atoms with Crippen LogP contribution in [-0.4, -0.2) is 5.78 Å². The number of Topliss-reactive ketones (excluding diaryl/α,β-unsaturated/α-hetero) is 1. The predicted molar refractivity (Wildman–Crippen MR) is 125 cm³/mol. The third-order valence-electron chi connectivity index (χ3n) is 6.74. The Hall–Kier alpha value is -0.590. The van der Waals surface area contributed by atoms with Crippen LogP contribution >= 0.6 is 0 Å². The first-order chi connectivity index (χ1) is 13.6. The molecule has 164 valence electrons. The Bertz CT molecular complexity index is 447. The molecule has 0 radical (unpaired) electrons. The van der Waals surface area contributed by atoms with Crippen molar-refractivity contribution in [2.75, 3.05) is 0 Å². The van der Waals surface area contributed by atoms with Crippen molar-refractivity contribution in [3.8, 4) is 0 Å². The number of rotatable bonds is 17. The summed E-state index contributed by atoms with van der Waals surface area (Å²) >= 11 is 0. The van der Waals surface area contributed by atoms with Crippen LogP contribution in [0.2, 0.25) is 0 Å². The third kappa shape index (κ3) is 10.3. The summed E-state index contributed by atoms with van der Waals surface area (Å²) in [6.45, 7) is 9.22. The molecule has 0 spiro atoms. The first-order valence-electron chi connectivity index (χ1n) is 12.8. The molecule has 1 unspecified atom stereocenters. The van der Waals surface area contributed by atoms with Gasteiger partial charge >= 0.3 is 0 Å². The molecule has 0 bridgehead atoms. The van der Waals surface area contributed by atoms with Gasteiger partial charge in [-0.25, -0.2) is 0 Å². The SMILES string of the molecule is CCCCCCCC1=C(CCCCCC)C(=O)CC(C)(CCCCCCC)C1. The maximum Gasteiger partial charge on any atom is 0.159 e. The molecular weight excluding hydrogens is 340 g/mol. The minimum absolute atomic E-state index is 0.231. The van der Waals surface area contributed by atoms with Crippen LogP contribution in [-0.2, 0) is 4.79 Å². The molecule has 0 aromatic carbocycles. The van der Waals surface area contributed by atoms with Crippen molar-refractivity contribution in [1.82, 2.24) is 0 Å². The van der Waals surface area contributed by atoms with E-state index in [-0.39, 0.29) is 5.41 Å². The van der Waals surface area contributed by atoms with E-state index in [1.54, 1.807) is 5.57 Å². The first-order valence-corrected chi connectivity index (χ1v) is 12.8. The number of allylic oxidation sites excluding steroid dienone is 2. The lowest BCUT2D eigenvalue weighted by atomic mass is 9.68. The van der Waals surface area contributed by atoms with Gasteiger partial charge in [0.25, 0.3) is 0 Å². The quantitative estimate of drug-likeness (QED) is 0.226. The molecule has 1 aliphatic carbocycles. The summed E-state index contributed by atoms with van der Waals surface area (Å²) in [6.07, 6.45) is 23.9. The predicted octanol–water partition coefficient (Wildman–Crippen LogP) is 9.34. The van der Waals surface area contributed by atoms with Gasteiger partial charge in [0.2, 0.25) is 0 Å². The van der Waals surface area contributed by atoms with Crippen molar-refractivity contribution in [2.45, 2.75) is 150 Å². The highest BCUT2D eigenvalue weighted by atomic mass is 16.1. The Kier molecular flexibility index (Phi) is 13.9. The number of hydrogen-bond acceptors (Lipinski definition) is 1. The van der Waals surface area contributed by atoms with E-state index in [2.05, 4.69) is 27.7 Å². The minimum Gasteiger partial charge on any atom is -0.295 e. The zero-order chi connectivity index (χ0) is 20.7. The molecule has 0 aromatic heterocycles. The van der Waals surface area contributed by atoms with Gasteiger partial charge in [0.1, 0.15) is 0 Å². The summed E-state index contributed by atoms with van der Waals surface area (Å²) in [5.74, 6) is 0.502. The summed E-state index contributed by atoms with van der Waals surface area (Å²) in [5, 5.41) is 0. The summed E-state index contributed by atoms with van der Waals surface area (Å²) in [5.41, 5.74) is 3.05. The molecular formula is C27H50O. The van der Waals surface area contributed by atoms with Crippen molar-refractivity contribution in [3.63, 3.8) is 0 Å². The van der Waals surface area contributed by atoms with Crippen molar-refractivity contribution in [1.29, 1.82) is 0 Å². The van der Waals surface area contributed by atoms with Crippen LogP contribution in [0.3, 0.4) is 0 Å². The second-order valence-corrected chi connectivity index (χ2v) is 9.81. The third-order valence-corrected chi connectivity index (χ3v) is 6.74. The lowest BCUT2D eigenvalue weighted by Crippen LogP contribution is -2.28. The van der Waals surface area contributed by atoms with E-state index in [4.69, 9.17) is 0 Å². The van der Waals surface area contributed by atoms with Gasteiger partial charge in [0.15, 0.2) is 5.78 Å². The standard InChI is InChI=1S/C27H50O/c1-5-8-11-14-16-19-24-22-27(4,21-18-15-12-9-6-2)23-26(28)25(24)20-17-13-10-7-3/h5-23H2,1-4H3. The molecule has 0 saturated carbocycles. The van der Waals surface area contributed by atoms with Crippen LogP contribution in [0.1, 0.15) is 150 Å². The minimum atomic E-state index is 0.231. The van der Waals surface area contributed by atoms with E-state index in [9.17, 15) is 4.79 Å². The van der Waals surface area contributed by atoms with Crippen LogP contribution in [0.25, 0.3) is 0 Å². The molecule has 0 aromatic rings. The van der Waals surface area contributed by atoms with Crippen LogP contribution in [0.5, 0.6) is 0 Å². The summed E-state index contributed by atoms with van der Waals surface area (Å²) in [7, 11) is 0. The number of carbonyl (C=O) groups is 1. The highest BCUT2D eigenvalue weighted by Crippen LogP contribution is 2.44. The molecule has 1 rings (SSSR count). The Balaban J connectivity index is 2.67. The van der Waals surface area contributed by atoms with Crippen molar-refractivity contribution in [3.05, 3.63) is 11.1 Å². The van der Waals surface area contributed by atoms with E-state index in [1.165, 1.54) is 115 Å². The largest absolute Gasteiger partial charge is 0.295 e. The van der Waals surface area contributed by atoms with E-state index < -0.39 is 0 Å². The van der Waals surface area contributed by atoms with Crippen LogP contribution in [0.4, 0.5) is 0 Å². The second-order valence-electron chi connectivity index (χ2n) is 9.81. The van der Waals surface area contributed by atoms with E-state index in [0.29, 0.717) is 5.78 Å². The van der Waals surface area contributed by atoms with E-state index in [0.717, 1.165) is 12.8 Å². The molecule has 1 nitrogen and oxygen atoms in total. The Morgan fingerprint density at radius 1 is 0.643 bits per heavy atom. The summed E-state index contributed by atoms with van der Waals surface area (Å²) < 4.78 is 0. The summed E-state index contributed by atoms with van der Waals surface area (Å²) in [4.78, 5) is 13.1. The van der Waals surface area contributed by atoms with Crippen LogP contribution < -0.4 is 0 Å². The Morgan fingerprint density at radius 3 is 1.75 bits per heavy atom. The zero-order valence-corrected chi connectivity index (χ0v) is 19.8. The van der Waals surface area contributed by atoms with Crippen molar-refractivity contribution in [2.24, 2.45) is 5.41 Å². The molecule has 1 atom stereocenters. The molecule has 0 amide bonds. The fourth-order valence-electron chi connectivity index (χ4n) is 4.93. The molecule has 28 heavy (non-hydrogen) atoms. The normalized spacial score (nSPS) is 20.2. The lowest BCUT2D eigenvalue weighted by Gasteiger charge is -2.36. The van der Waals surface area contributed by atoms with Crippen molar-refractivity contribution >= 4 is 5.78 Å². The van der Waals surface area contributed by atoms with Gasteiger partial charge in [-0.3, -0.25) is 4.79 Å². The van der Waals surface area contributed by atoms with Crippen LogP contribution in [0, 0.1) is 5.41 Å². The van der Waals surface area contributed by atoms with E-state index >= 15 is 0 Å². The molecule has 0 fully saturated rings. The maximum atomic E-state index is 13.1. The fraction of sp³-hybridized carbons (Fsp3) is 0.889. The molecule has 1 heteroatoms. The van der Waals surface area contributed by atoms with Crippen LogP contribution in [0.15, 0.2) is 11.1 Å². The smallest absolute Gasteiger partial charge is 0.159 e. The molecule has 0 N–H and O–H groups in total. The monoisotopic (exact) mass is 390 g/mol.